The highest BCUT2D eigenvalue weighted by Gasteiger charge is 2.19. The van der Waals surface area contributed by atoms with Crippen molar-refractivity contribution >= 4 is 11.6 Å². The second-order valence-electron chi connectivity index (χ2n) is 5.08. The quantitative estimate of drug-likeness (QED) is 0.851. The minimum atomic E-state index is 0.685. The summed E-state index contributed by atoms with van der Waals surface area (Å²) in [6.45, 7) is 3.49. The lowest BCUT2D eigenvalue weighted by atomic mass is 9.88. The number of piperidine rings is 1. The zero-order valence-electron chi connectivity index (χ0n) is 10.6. The molecule has 1 saturated heterocycles. The summed E-state index contributed by atoms with van der Waals surface area (Å²) in [5.74, 6) is 0.924. The normalized spacial score (nSPS) is 24.8. The van der Waals surface area contributed by atoms with Crippen LogP contribution in [0.1, 0.15) is 38.2 Å². The molecule has 0 saturated carbocycles. The Morgan fingerprint density at radius 2 is 2.18 bits per heavy atom. The number of halogens is 1. The predicted molar refractivity (Wildman–Crippen MR) is 74.6 cm³/mol. The van der Waals surface area contributed by atoms with Gasteiger partial charge in [-0.3, -0.25) is 0 Å². The third-order valence-corrected chi connectivity index (χ3v) is 4.27. The van der Waals surface area contributed by atoms with E-state index < -0.39 is 0 Å². The molecule has 2 unspecified atom stereocenters. The van der Waals surface area contributed by atoms with Crippen molar-refractivity contribution in [3.63, 3.8) is 0 Å². The smallest absolute Gasteiger partial charge is 0.0437 e. The van der Waals surface area contributed by atoms with E-state index in [1.54, 1.807) is 0 Å². The Labute approximate surface area is 110 Å². The molecule has 0 aromatic heterocycles. The first-order valence-electron chi connectivity index (χ1n) is 6.76. The van der Waals surface area contributed by atoms with E-state index in [4.69, 9.17) is 11.6 Å². The third kappa shape index (κ3) is 3.72. The van der Waals surface area contributed by atoms with E-state index >= 15 is 0 Å². The third-order valence-electron chi connectivity index (χ3n) is 3.90. The molecule has 1 nitrogen and oxygen atoms in total. The van der Waals surface area contributed by atoms with E-state index in [0.717, 1.165) is 17.4 Å². The van der Waals surface area contributed by atoms with Gasteiger partial charge in [-0.05, 0) is 49.8 Å². The van der Waals surface area contributed by atoms with Crippen LogP contribution < -0.4 is 5.32 Å². The van der Waals surface area contributed by atoms with Crippen molar-refractivity contribution in [2.45, 2.75) is 45.1 Å². The van der Waals surface area contributed by atoms with E-state index in [-0.39, 0.29) is 0 Å². The monoisotopic (exact) mass is 251 g/mol. The topological polar surface area (TPSA) is 12.0 Å². The number of nitrogens with one attached hydrogen (secondary N) is 1. The molecule has 2 atom stereocenters. The summed E-state index contributed by atoms with van der Waals surface area (Å²) in [6, 6.07) is 8.88. The van der Waals surface area contributed by atoms with Gasteiger partial charge in [-0.15, -0.1) is 0 Å². The van der Waals surface area contributed by atoms with Crippen LogP contribution >= 0.6 is 11.6 Å². The molecule has 0 amide bonds. The molecule has 1 aromatic rings. The van der Waals surface area contributed by atoms with E-state index in [9.17, 15) is 0 Å². The maximum atomic E-state index is 6.18. The van der Waals surface area contributed by atoms with Gasteiger partial charge in [0.25, 0.3) is 0 Å². The molecule has 2 rings (SSSR count). The molecule has 0 spiro atoms. The summed E-state index contributed by atoms with van der Waals surface area (Å²) in [7, 11) is 0. The molecule has 1 aliphatic rings. The fourth-order valence-electron chi connectivity index (χ4n) is 2.72. The number of hydrogen-bond acceptors (Lipinski definition) is 1. The first-order valence-corrected chi connectivity index (χ1v) is 7.14. The minimum Gasteiger partial charge on any atom is -0.314 e. The van der Waals surface area contributed by atoms with Gasteiger partial charge >= 0.3 is 0 Å². The summed E-state index contributed by atoms with van der Waals surface area (Å²) in [6.07, 6.45) is 6.30. The van der Waals surface area contributed by atoms with Gasteiger partial charge in [-0.2, -0.15) is 0 Å². The predicted octanol–water partition coefficient (Wildman–Crippen LogP) is 4.05. The van der Waals surface area contributed by atoms with Gasteiger partial charge in [0.05, 0.1) is 0 Å². The first-order chi connectivity index (χ1) is 8.29. The Kier molecular flexibility index (Phi) is 4.87. The van der Waals surface area contributed by atoms with Gasteiger partial charge in [0.2, 0.25) is 0 Å². The second-order valence-corrected chi connectivity index (χ2v) is 5.49. The van der Waals surface area contributed by atoms with Crippen molar-refractivity contribution in [1.29, 1.82) is 0 Å². The highest BCUT2D eigenvalue weighted by Crippen LogP contribution is 2.23. The van der Waals surface area contributed by atoms with Crippen molar-refractivity contribution in [1.82, 2.24) is 5.32 Å². The fraction of sp³-hybridized carbons (Fsp3) is 0.600. The Morgan fingerprint density at radius 1 is 1.35 bits per heavy atom. The van der Waals surface area contributed by atoms with E-state index in [1.807, 2.05) is 12.1 Å². The fourth-order valence-corrected chi connectivity index (χ4v) is 2.95. The van der Waals surface area contributed by atoms with Gasteiger partial charge in [-0.1, -0.05) is 43.1 Å². The summed E-state index contributed by atoms with van der Waals surface area (Å²) >= 11 is 6.18. The summed E-state index contributed by atoms with van der Waals surface area (Å²) in [5, 5.41) is 4.54. The number of hydrogen-bond donors (Lipinski definition) is 1. The van der Waals surface area contributed by atoms with Gasteiger partial charge in [0.15, 0.2) is 0 Å². The Hall–Kier alpha value is -0.530. The first kappa shape index (κ1) is 12.9. The lowest BCUT2D eigenvalue weighted by Crippen LogP contribution is -2.38. The molecular formula is C15H22ClN. The molecule has 1 aromatic carbocycles. The average Bonchev–Trinajstić information content (AvgIpc) is 2.38. The molecule has 1 N–H and O–H groups in total. The zero-order valence-corrected chi connectivity index (χ0v) is 11.3. The van der Waals surface area contributed by atoms with Crippen molar-refractivity contribution in [2.75, 3.05) is 6.54 Å². The van der Waals surface area contributed by atoms with Crippen molar-refractivity contribution < 1.29 is 0 Å². The highest BCUT2D eigenvalue weighted by atomic mass is 35.5. The van der Waals surface area contributed by atoms with Crippen LogP contribution in [0.2, 0.25) is 5.02 Å². The van der Waals surface area contributed by atoms with Crippen molar-refractivity contribution in [3.8, 4) is 0 Å². The largest absolute Gasteiger partial charge is 0.314 e. The summed E-state index contributed by atoms with van der Waals surface area (Å²) in [4.78, 5) is 0. The zero-order chi connectivity index (χ0) is 12.1. The van der Waals surface area contributed by atoms with E-state index in [1.165, 1.54) is 37.8 Å². The number of aryl methyl sites for hydroxylation is 1. The maximum Gasteiger partial charge on any atom is 0.0437 e. The van der Waals surface area contributed by atoms with Gasteiger partial charge in [0.1, 0.15) is 0 Å². The van der Waals surface area contributed by atoms with Crippen LogP contribution in [0, 0.1) is 5.92 Å². The SMILES string of the molecule is CCC1CCNC(CCc2ccccc2Cl)C1. The molecule has 17 heavy (non-hydrogen) atoms. The Morgan fingerprint density at radius 3 is 2.94 bits per heavy atom. The highest BCUT2D eigenvalue weighted by molar-refractivity contribution is 6.31. The molecule has 0 aliphatic carbocycles. The molecule has 94 valence electrons. The van der Waals surface area contributed by atoms with Crippen molar-refractivity contribution in [3.05, 3.63) is 34.9 Å². The molecule has 1 aliphatic heterocycles. The average molecular weight is 252 g/mol. The Bertz CT molecular complexity index is 351. The van der Waals surface area contributed by atoms with E-state index in [0.29, 0.717) is 6.04 Å². The molecule has 1 fully saturated rings. The van der Waals surface area contributed by atoms with Gasteiger partial charge in [0, 0.05) is 11.1 Å². The standard InChI is InChI=1S/C15H22ClN/c1-2-12-9-10-17-14(11-12)8-7-13-5-3-4-6-15(13)16/h3-6,12,14,17H,2,7-11H2,1H3. The van der Waals surface area contributed by atoms with Crippen LogP contribution in [0.25, 0.3) is 0 Å². The number of benzene rings is 1. The molecule has 0 radical (unpaired) electrons. The van der Waals surface area contributed by atoms with Gasteiger partial charge < -0.3 is 5.32 Å². The Balaban J connectivity index is 1.84. The molecule has 1 heterocycles. The minimum absolute atomic E-state index is 0.685. The lowest BCUT2D eigenvalue weighted by molar-refractivity contribution is 0.285. The van der Waals surface area contributed by atoms with Crippen LogP contribution in [0.4, 0.5) is 0 Å². The second kappa shape index (κ2) is 6.42. The molecule has 2 heteroatoms. The van der Waals surface area contributed by atoms with Crippen molar-refractivity contribution in [2.24, 2.45) is 5.92 Å². The number of rotatable bonds is 4. The lowest BCUT2D eigenvalue weighted by Gasteiger charge is -2.29. The maximum absolute atomic E-state index is 6.18. The van der Waals surface area contributed by atoms with Crippen LogP contribution in [0.3, 0.4) is 0 Å². The summed E-state index contributed by atoms with van der Waals surface area (Å²) in [5.41, 5.74) is 1.29. The van der Waals surface area contributed by atoms with Crippen LogP contribution in [0.15, 0.2) is 24.3 Å². The van der Waals surface area contributed by atoms with Gasteiger partial charge in [-0.25, -0.2) is 0 Å². The van der Waals surface area contributed by atoms with Crippen LogP contribution in [-0.4, -0.2) is 12.6 Å². The molecular weight excluding hydrogens is 230 g/mol. The molecule has 0 bridgehead atoms. The van der Waals surface area contributed by atoms with Crippen LogP contribution in [-0.2, 0) is 6.42 Å². The van der Waals surface area contributed by atoms with E-state index in [2.05, 4.69) is 24.4 Å². The van der Waals surface area contributed by atoms with Crippen LogP contribution in [0.5, 0.6) is 0 Å². The summed E-state index contributed by atoms with van der Waals surface area (Å²) < 4.78 is 0.